The molecule has 2 amide bonds. The van der Waals surface area contributed by atoms with E-state index >= 15 is 0 Å². The lowest BCUT2D eigenvalue weighted by atomic mass is 10.1. The van der Waals surface area contributed by atoms with E-state index in [-0.39, 0.29) is 24.1 Å². The summed E-state index contributed by atoms with van der Waals surface area (Å²) in [6.45, 7) is 0.330. The largest absolute Gasteiger partial charge is 0.352 e. The third kappa shape index (κ3) is 5.47. The van der Waals surface area contributed by atoms with Crippen LogP contribution in [0.25, 0.3) is 0 Å². The predicted octanol–water partition coefficient (Wildman–Crippen LogP) is 3.33. The van der Waals surface area contributed by atoms with Crippen molar-refractivity contribution in [3.8, 4) is 0 Å². The topological polar surface area (TPSA) is 71.1 Å². The van der Waals surface area contributed by atoms with E-state index in [0.29, 0.717) is 17.8 Å². The third-order valence-corrected chi connectivity index (χ3v) is 3.88. The molecule has 0 aliphatic heterocycles. The molecule has 6 heteroatoms. The van der Waals surface area contributed by atoms with Crippen molar-refractivity contribution in [2.75, 3.05) is 5.32 Å². The van der Waals surface area contributed by atoms with Gasteiger partial charge in [-0.15, -0.1) is 0 Å². The first-order valence-corrected chi connectivity index (χ1v) is 8.41. The molecule has 0 bridgehead atoms. The molecule has 5 nitrogen and oxygen atoms in total. The van der Waals surface area contributed by atoms with Gasteiger partial charge in [0.15, 0.2) is 0 Å². The maximum absolute atomic E-state index is 12.9. The first-order valence-electron chi connectivity index (χ1n) is 8.41. The standard InChI is InChI=1S/C21H18FN3O2/c22-18-8-6-15(7-9-18)12-20(26)24-13-16-3-1-5-19(11-16)25-21(27)17-4-2-10-23-14-17/h1-11,14H,12-13H2,(H,24,26)(H,25,27). The maximum Gasteiger partial charge on any atom is 0.257 e. The van der Waals surface area contributed by atoms with Crippen LogP contribution in [-0.2, 0) is 17.8 Å². The van der Waals surface area contributed by atoms with Gasteiger partial charge in [-0.05, 0) is 47.5 Å². The lowest BCUT2D eigenvalue weighted by molar-refractivity contribution is -0.120. The van der Waals surface area contributed by atoms with Gasteiger partial charge in [0.2, 0.25) is 5.91 Å². The summed E-state index contributed by atoms with van der Waals surface area (Å²) in [7, 11) is 0. The number of pyridine rings is 1. The second kappa shape index (κ2) is 8.71. The van der Waals surface area contributed by atoms with Gasteiger partial charge >= 0.3 is 0 Å². The molecule has 1 aromatic heterocycles. The molecular formula is C21H18FN3O2. The molecule has 1 heterocycles. The smallest absolute Gasteiger partial charge is 0.257 e. The van der Waals surface area contributed by atoms with Crippen molar-refractivity contribution in [2.24, 2.45) is 0 Å². The van der Waals surface area contributed by atoms with Crippen molar-refractivity contribution in [1.29, 1.82) is 0 Å². The zero-order chi connectivity index (χ0) is 19.1. The quantitative estimate of drug-likeness (QED) is 0.706. The summed E-state index contributed by atoms with van der Waals surface area (Å²) in [5.74, 6) is -0.740. The summed E-state index contributed by atoms with van der Waals surface area (Å²) in [6, 6.07) is 16.5. The summed E-state index contributed by atoms with van der Waals surface area (Å²) < 4.78 is 12.9. The number of hydrogen-bond donors (Lipinski definition) is 2. The van der Waals surface area contributed by atoms with Crippen LogP contribution in [0.3, 0.4) is 0 Å². The van der Waals surface area contributed by atoms with Crippen LogP contribution in [0.5, 0.6) is 0 Å². The van der Waals surface area contributed by atoms with Crippen molar-refractivity contribution < 1.29 is 14.0 Å². The molecule has 0 fully saturated rings. The first kappa shape index (κ1) is 18.3. The predicted molar refractivity (Wildman–Crippen MR) is 101 cm³/mol. The molecule has 0 unspecified atom stereocenters. The van der Waals surface area contributed by atoms with Crippen molar-refractivity contribution in [3.63, 3.8) is 0 Å². The molecule has 0 spiro atoms. The highest BCUT2D eigenvalue weighted by molar-refractivity contribution is 6.04. The number of carbonyl (C=O) groups is 2. The number of hydrogen-bond acceptors (Lipinski definition) is 3. The van der Waals surface area contributed by atoms with Crippen molar-refractivity contribution in [1.82, 2.24) is 10.3 Å². The van der Waals surface area contributed by atoms with E-state index in [2.05, 4.69) is 15.6 Å². The molecule has 3 aromatic rings. The zero-order valence-electron chi connectivity index (χ0n) is 14.5. The summed E-state index contributed by atoms with van der Waals surface area (Å²) in [6.07, 6.45) is 3.28. The van der Waals surface area contributed by atoms with E-state index in [4.69, 9.17) is 0 Å². The van der Waals surface area contributed by atoms with Gasteiger partial charge in [-0.3, -0.25) is 14.6 Å². The fourth-order valence-electron chi connectivity index (χ4n) is 2.51. The van der Waals surface area contributed by atoms with E-state index in [0.717, 1.165) is 11.1 Å². The van der Waals surface area contributed by atoms with Crippen molar-refractivity contribution in [3.05, 3.63) is 95.6 Å². The molecule has 2 aromatic carbocycles. The van der Waals surface area contributed by atoms with Crippen LogP contribution in [0.4, 0.5) is 10.1 Å². The lowest BCUT2D eigenvalue weighted by Gasteiger charge is -2.09. The van der Waals surface area contributed by atoms with Crippen LogP contribution in [0.1, 0.15) is 21.5 Å². The van der Waals surface area contributed by atoms with Crippen molar-refractivity contribution >= 4 is 17.5 Å². The number of carbonyl (C=O) groups excluding carboxylic acids is 2. The van der Waals surface area contributed by atoms with Crippen LogP contribution in [0, 0.1) is 5.82 Å². The fraction of sp³-hybridized carbons (Fsp3) is 0.0952. The number of anilines is 1. The number of halogens is 1. The number of nitrogens with one attached hydrogen (secondary N) is 2. The van der Waals surface area contributed by atoms with Gasteiger partial charge in [0.05, 0.1) is 12.0 Å². The number of aromatic nitrogens is 1. The van der Waals surface area contributed by atoms with Crippen LogP contribution in [0.15, 0.2) is 73.1 Å². The van der Waals surface area contributed by atoms with Gasteiger partial charge in [0, 0.05) is 24.6 Å². The van der Waals surface area contributed by atoms with Gasteiger partial charge in [-0.2, -0.15) is 0 Å². The van der Waals surface area contributed by atoms with Gasteiger partial charge in [-0.1, -0.05) is 24.3 Å². The summed E-state index contributed by atoms with van der Waals surface area (Å²) in [4.78, 5) is 28.1. The summed E-state index contributed by atoms with van der Waals surface area (Å²) in [5, 5.41) is 5.62. The van der Waals surface area contributed by atoms with E-state index in [1.54, 1.807) is 48.7 Å². The molecule has 27 heavy (non-hydrogen) atoms. The van der Waals surface area contributed by atoms with E-state index < -0.39 is 0 Å². The Labute approximate surface area is 156 Å². The first-order chi connectivity index (χ1) is 13.1. The molecule has 0 atom stereocenters. The highest BCUT2D eigenvalue weighted by atomic mass is 19.1. The lowest BCUT2D eigenvalue weighted by Crippen LogP contribution is -2.24. The molecule has 2 N–H and O–H groups in total. The normalized spacial score (nSPS) is 10.3. The van der Waals surface area contributed by atoms with Gasteiger partial charge < -0.3 is 10.6 Å². The Balaban J connectivity index is 1.55. The maximum atomic E-state index is 12.9. The fourth-order valence-corrected chi connectivity index (χ4v) is 2.51. The van der Waals surface area contributed by atoms with Crippen LogP contribution in [-0.4, -0.2) is 16.8 Å². The number of benzene rings is 2. The van der Waals surface area contributed by atoms with Crippen LogP contribution >= 0.6 is 0 Å². The average Bonchev–Trinajstić information content (AvgIpc) is 2.69. The second-order valence-corrected chi connectivity index (χ2v) is 5.98. The SMILES string of the molecule is O=C(Cc1ccc(F)cc1)NCc1cccc(NC(=O)c2cccnc2)c1. The van der Waals surface area contributed by atoms with Crippen LogP contribution < -0.4 is 10.6 Å². The van der Waals surface area contributed by atoms with Gasteiger partial charge in [0.1, 0.15) is 5.82 Å². The molecule has 136 valence electrons. The Morgan fingerprint density at radius 2 is 1.78 bits per heavy atom. The molecule has 0 aliphatic carbocycles. The average molecular weight is 363 g/mol. The molecule has 3 rings (SSSR count). The van der Waals surface area contributed by atoms with E-state index in [1.807, 2.05) is 6.07 Å². The highest BCUT2D eigenvalue weighted by Gasteiger charge is 2.07. The Kier molecular flexibility index (Phi) is 5.89. The minimum Gasteiger partial charge on any atom is -0.352 e. The Bertz CT molecular complexity index is 928. The minimum atomic E-state index is -0.329. The van der Waals surface area contributed by atoms with E-state index in [9.17, 15) is 14.0 Å². The molecule has 0 aliphatic rings. The van der Waals surface area contributed by atoms with Gasteiger partial charge in [0.25, 0.3) is 5.91 Å². The second-order valence-electron chi connectivity index (χ2n) is 5.98. The Morgan fingerprint density at radius 1 is 0.963 bits per heavy atom. The summed E-state index contributed by atoms with van der Waals surface area (Å²) >= 11 is 0. The van der Waals surface area contributed by atoms with Crippen LogP contribution in [0.2, 0.25) is 0 Å². The molecule has 0 saturated carbocycles. The van der Waals surface area contributed by atoms with E-state index in [1.165, 1.54) is 18.3 Å². The minimum absolute atomic E-state index is 0.161. The van der Waals surface area contributed by atoms with Gasteiger partial charge in [-0.25, -0.2) is 4.39 Å². The highest BCUT2D eigenvalue weighted by Crippen LogP contribution is 2.12. The van der Waals surface area contributed by atoms with Crippen molar-refractivity contribution in [2.45, 2.75) is 13.0 Å². The molecule has 0 saturated heterocycles. The Hall–Kier alpha value is -3.54. The number of nitrogens with zero attached hydrogens (tertiary/aromatic N) is 1. The Morgan fingerprint density at radius 3 is 2.52 bits per heavy atom. The summed E-state index contributed by atoms with van der Waals surface area (Å²) in [5.41, 5.74) is 2.70. The monoisotopic (exact) mass is 363 g/mol. The third-order valence-electron chi connectivity index (χ3n) is 3.88. The molecule has 0 radical (unpaired) electrons. The number of amides is 2. The number of rotatable bonds is 6. The zero-order valence-corrected chi connectivity index (χ0v) is 14.5. The molecular weight excluding hydrogens is 345 g/mol.